The first-order valence-electron chi connectivity index (χ1n) is 7.37. The van der Waals surface area contributed by atoms with E-state index in [2.05, 4.69) is 5.32 Å². The SMILES string of the molecule is C[C@H](c1cccc([N+](=O)[O-])c1)N(C)CC(=O)Nc1cccc(F)c1. The molecule has 24 heavy (non-hydrogen) atoms. The van der Waals surface area contributed by atoms with E-state index in [1.807, 2.05) is 6.92 Å². The minimum atomic E-state index is -0.452. The molecule has 126 valence electrons. The maximum Gasteiger partial charge on any atom is 0.269 e. The van der Waals surface area contributed by atoms with Gasteiger partial charge in [-0.15, -0.1) is 0 Å². The van der Waals surface area contributed by atoms with Crippen LogP contribution in [-0.2, 0) is 4.79 Å². The first kappa shape index (κ1) is 17.6. The van der Waals surface area contributed by atoms with Crippen LogP contribution >= 0.6 is 0 Å². The molecule has 2 aromatic carbocycles. The van der Waals surface area contributed by atoms with Crippen LogP contribution in [-0.4, -0.2) is 29.3 Å². The molecular formula is C17H18FN3O3. The van der Waals surface area contributed by atoms with Gasteiger partial charge in [0.1, 0.15) is 5.82 Å². The molecule has 0 spiro atoms. The van der Waals surface area contributed by atoms with Crippen molar-refractivity contribution < 1.29 is 14.1 Å². The number of nitrogens with zero attached hydrogens (tertiary/aromatic N) is 2. The van der Waals surface area contributed by atoms with Gasteiger partial charge in [-0.3, -0.25) is 19.8 Å². The molecule has 0 aliphatic carbocycles. The van der Waals surface area contributed by atoms with Crippen LogP contribution < -0.4 is 5.32 Å². The third kappa shape index (κ3) is 4.60. The Hall–Kier alpha value is -2.80. The van der Waals surface area contributed by atoms with E-state index in [1.165, 1.54) is 30.3 Å². The summed E-state index contributed by atoms with van der Waals surface area (Å²) in [4.78, 5) is 24.2. The van der Waals surface area contributed by atoms with Crippen LogP contribution in [0.4, 0.5) is 15.8 Å². The van der Waals surface area contributed by atoms with Crippen LogP contribution in [0.15, 0.2) is 48.5 Å². The Morgan fingerprint density at radius 1 is 1.29 bits per heavy atom. The predicted molar refractivity (Wildman–Crippen MR) is 89.2 cm³/mol. The van der Waals surface area contributed by atoms with Crippen molar-refractivity contribution in [2.45, 2.75) is 13.0 Å². The second kappa shape index (κ2) is 7.65. The first-order valence-corrected chi connectivity index (χ1v) is 7.37. The summed E-state index contributed by atoms with van der Waals surface area (Å²) in [5.74, 6) is -0.716. The zero-order valence-electron chi connectivity index (χ0n) is 13.4. The zero-order valence-corrected chi connectivity index (χ0v) is 13.4. The largest absolute Gasteiger partial charge is 0.325 e. The van der Waals surface area contributed by atoms with E-state index in [4.69, 9.17) is 0 Å². The average Bonchev–Trinajstić information content (AvgIpc) is 2.54. The summed E-state index contributed by atoms with van der Waals surface area (Å²) in [6, 6.07) is 11.8. The van der Waals surface area contributed by atoms with Gasteiger partial charge in [-0.05, 0) is 37.7 Å². The molecule has 0 saturated carbocycles. The molecule has 0 saturated heterocycles. The van der Waals surface area contributed by atoms with Crippen molar-refractivity contribution in [1.29, 1.82) is 0 Å². The highest BCUT2D eigenvalue weighted by Gasteiger charge is 2.17. The Labute approximate surface area is 139 Å². The Balaban J connectivity index is 2.00. The van der Waals surface area contributed by atoms with Gasteiger partial charge in [0.25, 0.3) is 5.69 Å². The molecule has 0 aliphatic heterocycles. The average molecular weight is 331 g/mol. The summed E-state index contributed by atoms with van der Waals surface area (Å²) in [6.07, 6.45) is 0. The monoisotopic (exact) mass is 331 g/mol. The molecule has 0 radical (unpaired) electrons. The number of hydrogen-bond acceptors (Lipinski definition) is 4. The summed E-state index contributed by atoms with van der Waals surface area (Å²) in [5.41, 5.74) is 1.14. The van der Waals surface area contributed by atoms with Gasteiger partial charge >= 0.3 is 0 Å². The third-order valence-electron chi connectivity index (χ3n) is 3.73. The number of likely N-dealkylation sites (N-methyl/N-ethyl adjacent to an activating group) is 1. The highest BCUT2D eigenvalue weighted by atomic mass is 19.1. The van der Waals surface area contributed by atoms with E-state index >= 15 is 0 Å². The van der Waals surface area contributed by atoms with Crippen LogP contribution in [0.25, 0.3) is 0 Å². The predicted octanol–water partition coefficient (Wildman–Crippen LogP) is 3.37. The van der Waals surface area contributed by atoms with Crippen molar-refractivity contribution in [3.05, 3.63) is 70.0 Å². The van der Waals surface area contributed by atoms with Gasteiger partial charge in [0.05, 0.1) is 11.5 Å². The van der Waals surface area contributed by atoms with E-state index in [1.54, 1.807) is 30.1 Å². The molecule has 0 aromatic heterocycles. The maximum atomic E-state index is 13.1. The number of amides is 1. The number of halogens is 1. The van der Waals surface area contributed by atoms with Crippen molar-refractivity contribution in [3.63, 3.8) is 0 Å². The number of carbonyl (C=O) groups excluding carboxylic acids is 1. The van der Waals surface area contributed by atoms with Crippen molar-refractivity contribution >= 4 is 17.3 Å². The van der Waals surface area contributed by atoms with E-state index in [0.29, 0.717) is 5.69 Å². The number of hydrogen-bond donors (Lipinski definition) is 1. The van der Waals surface area contributed by atoms with Crippen LogP contribution in [0.3, 0.4) is 0 Å². The second-order valence-electron chi connectivity index (χ2n) is 5.50. The Morgan fingerprint density at radius 2 is 2.00 bits per heavy atom. The molecule has 0 unspecified atom stereocenters. The van der Waals surface area contributed by atoms with Crippen LogP contribution in [0.5, 0.6) is 0 Å². The molecule has 0 fully saturated rings. The normalized spacial score (nSPS) is 12.0. The van der Waals surface area contributed by atoms with Crippen LogP contribution in [0.2, 0.25) is 0 Å². The summed E-state index contributed by atoms with van der Waals surface area (Å²) in [7, 11) is 1.74. The molecule has 7 heteroatoms. The molecular weight excluding hydrogens is 313 g/mol. The molecule has 6 nitrogen and oxygen atoms in total. The van der Waals surface area contributed by atoms with E-state index in [9.17, 15) is 19.3 Å². The quantitative estimate of drug-likeness (QED) is 0.650. The lowest BCUT2D eigenvalue weighted by Crippen LogP contribution is -2.32. The number of benzene rings is 2. The fourth-order valence-electron chi connectivity index (χ4n) is 2.28. The Bertz CT molecular complexity index is 751. The molecule has 1 amide bonds. The topological polar surface area (TPSA) is 75.5 Å². The van der Waals surface area contributed by atoms with Gasteiger partial charge in [0.2, 0.25) is 5.91 Å². The fourth-order valence-corrected chi connectivity index (χ4v) is 2.28. The Morgan fingerprint density at radius 3 is 2.67 bits per heavy atom. The smallest absolute Gasteiger partial charge is 0.269 e. The molecule has 1 atom stereocenters. The van der Waals surface area contributed by atoms with E-state index in [0.717, 1.165) is 5.56 Å². The number of nitro benzene ring substituents is 1. The summed E-state index contributed by atoms with van der Waals surface area (Å²) in [6.45, 7) is 1.93. The summed E-state index contributed by atoms with van der Waals surface area (Å²) >= 11 is 0. The second-order valence-corrected chi connectivity index (χ2v) is 5.50. The first-order chi connectivity index (χ1) is 11.4. The van der Waals surface area contributed by atoms with Gasteiger partial charge in [0, 0.05) is 23.9 Å². The van der Waals surface area contributed by atoms with Crippen LogP contribution in [0.1, 0.15) is 18.5 Å². The summed E-state index contributed by atoms with van der Waals surface area (Å²) < 4.78 is 13.1. The number of non-ortho nitro benzene ring substituents is 1. The van der Waals surface area contributed by atoms with Gasteiger partial charge in [0.15, 0.2) is 0 Å². The lowest BCUT2D eigenvalue weighted by atomic mass is 10.1. The highest BCUT2D eigenvalue weighted by molar-refractivity contribution is 5.92. The molecule has 2 aromatic rings. The number of carbonyl (C=O) groups is 1. The van der Waals surface area contributed by atoms with Gasteiger partial charge in [-0.1, -0.05) is 18.2 Å². The van der Waals surface area contributed by atoms with Gasteiger partial charge < -0.3 is 5.32 Å². The molecule has 1 N–H and O–H groups in total. The highest BCUT2D eigenvalue weighted by Crippen LogP contribution is 2.22. The molecule has 0 heterocycles. The minimum Gasteiger partial charge on any atom is -0.325 e. The lowest BCUT2D eigenvalue weighted by Gasteiger charge is -2.24. The van der Waals surface area contributed by atoms with E-state index in [-0.39, 0.29) is 24.2 Å². The molecule has 0 aliphatic rings. The Kier molecular flexibility index (Phi) is 5.59. The number of nitro groups is 1. The van der Waals surface area contributed by atoms with E-state index < -0.39 is 10.7 Å². The maximum absolute atomic E-state index is 13.1. The van der Waals surface area contributed by atoms with Crippen molar-refractivity contribution in [1.82, 2.24) is 4.90 Å². The van der Waals surface area contributed by atoms with Crippen LogP contribution in [0, 0.1) is 15.9 Å². The third-order valence-corrected chi connectivity index (χ3v) is 3.73. The lowest BCUT2D eigenvalue weighted by molar-refractivity contribution is -0.384. The van der Waals surface area contributed by atoms with Crippen molar-refractivity contribution in [2.24, 2.45) is 0 Å². The fraction of sp³-hybridized carbons (Fsp3) is 0.235. The van der Waals surface area contributed by atoms with Crippen molar-refractivity contribution in [3.8, 4) is 0 Å². The molecule has 0 bridgehead atoms. The minimum absolute atomic E-state index is 0.0111. The summed E-state index contributed by atoms with van der Waals surface area (Å²) in [5, 5.41) is 13.5. The standard InChI is InChI=1S/C17H18FN3O3/c1-12(13-5-3-8-16(9-13)21(23)24)20(2)11-17(22)19-15-7-4-6-14(18)10-15/h3-10,12H,11H2,1-2H3,(H,19,22)/t12-/m1/s1. The zero-order chi connectivity index (χ0) is 17.7. The van der Waals surface area contributed by atoms with Crippen molar-refractivity contribution in [2.75, 3.05) is 18.9 Å². The van der Waals surface area contributed by atoms with Gasteiger partial charge in [-0.25, -0.2) is 4.39 Å². The number of nitrogens with one attached hydrogen (secondary N) is 1. The van der Waals surface area contributed by atoms with Gasteiger partial charge in [-0.2, -0.15) is 0 Å². The number of rotatable bonds is 6. The molecule has 2 rings (SSSR count). The number of anilines is 1.